The molecule has 5 heteroatoms. The van der Waals surface area contributed by atoms with Gasteiger partial charge in [0.15, 0.2) is 0 Å². The van der Waals surface area contributed by atoms with Crippen LogP contribution < -0.4 is 5.32 Å². The van der Waals surface area contributed by atoms with Gasteiger partial charge in [-0.25, -0.2) is 0 Å². The number of carbonyl (C=O) groups excluding carboxylic acids is 1. The summed E-state index contributed by atoms with van der Waals surface area (Å²) >= 11 is 5.90. The molecule has 0 saturated carbocycles. The van der Waals surface area contributed by atoms with Gasteiger partial charge >= 0.3 is 0 Å². The molecule has 0 radical (unpaired) electrons. The van der Waals surface area contributed by atoms with Crippen LogP contribution in [0.2, 0.25) is 5.02 Å². The zero-order valence-electron chi connectivity index (χ0n) is 13.5. The van der Waals surface area contributed by atoms with Crippen molar-refractivity contribution in [3.05, 3.63) is 70.7 Å². The van der Waals surface area contributed by atoms with Crippen LogP contribution in [0.1, 0.15) is 22.0 Å². The second kappa shape index (κ2) is 8.29. The Hall–Kier alpha value is -1.88. The first-order valence-electron chi connectivity index (χ1n) is 8.14. The Balaban J connectivity index is 1.73. The summed E-state index contributed by atoms with van der Waals surface area (Å²) < 4.78 is 5.41. The van der Waals surface area contributed by atoms with Crippen LogP contribution in [-0.2, 0) is 4.74 Å². The topological polar surface area (TPSA) is 41.6 Å². The van der Waals surface area contributed by atoms with E-state index in [-0.39, 0.29) is 11.9 Å². The fourth-order valence-electron chi connectivity index (χ4n) is 2.80. The molecule has 1 amide bonds. The first kappa shape index (κ1) is 17.0. The molecule has 3 rings (SSSR count). The first-order chi connectivity index (χ1) is 11.7. The molecule has 1 aliphatic rings. The van der Waals surface area contributed by atoms with Crippen molar-refractivity contribution < 1.29 is 9.53 Å². The van der Waals surface area contributed by atoms with Gasteiger partial charge < -0.3 is 10.1 Å². The number of carbonyl (C=O) groups is 1. The lowest BCUT2D eigenvalue weighted by Gasteiger charge is -2.31. The van der Waals surface area contributed by atoms with Crippen molar-refractivity contribution in [2.75, 3.05) is 32.8 Å². The van der Waals surface area contributed by atoms with E-state index in [1.165, 1.54) is 0 Å². The molecule has 1 heterocycles. The van der Waals surface area contributed by atoms with E-state index in [4.69, 9.17) is 16.3 Å². The minimum atomic E-state index is -0.0891. The number of nitrogens with one attached hydrogen (secondary N) is 1. The van der Waals surface area contributed by atoms with Crippen molar-refractivity contribution in [1.29, 1.82) is 0 Å². The van der Waals surface area contributed by atoms with Crippen molar-refractivity contribution >= 4 is 17.5 Å². The SMILES string of the molecule is O=C(N[C@H](CN1CCOCC1)c1ccccc1)c1ccc(Cl)cc1. The maximum atomic E-state index is 12.6. The standard InChI is InChI=1S/C19H21ClN2O2/c20-17-8-6-16(7-9-17)19(23)21-18(15-4-2-1-3-5-15)14-22-10-12-24-13-11-22/h1-9,18H,10-14H2,(H,21,23)/t18-/m1/s1. The van der Waals surface area contributed by atoms with Crippen LogP contribution in [0.25, 0.3) is 0 Å². The number of rotatable bonds is 5. The Morgan fingerprint density at radius 1 is 1.08 bits per heavy atom. The normalized spacial score (nSPS) is 16.5. The van der Waals surface area contributed by atoms with Crippen LogP contribution in [0.4, 0.5) is 0 Å². The van der Waals surface area contributed by atoms with E-state index in [1.807, 2.05) is 30.3 Å². The lowest BCUT2D eigenvalue weighted by atomic mass is 10.1. The molecule has 2 aromatic rings. The van der Waals surface area contributed by atoms with E-state index in [1.54, 1.807) is 24.3 Å². The van der Waals surface area contributed by atoms with Crippen LogP contribution >= 0.6 is 11.6 Å². The third-order valence-corrected chi connectivity index (χ3v) is 4.41. The Morgan fingerprint density at radius 3 is 2.42 bits per heavy atom. The molecule has 1 N–H and O–H groups in total. The Labute approximate surface area is 147 Å². The second-order valence-electron chi connectivity index (χ2n) is 5.86. The monoisotopic (exact) mass is 344 g/mol. The summed E-state index contributed by atoms with van der Waals surface area (Å²) in [5, 5.41) is 3.78. The molecule has 0 aromatic heterocycles. The van der Waals surface area contributed by atoms with Crippen molar-refractivity contribution in [2.45, 2.75) is 6.04 Å². The quantitative estimate of drug-likeness (QED) is 0.906. The highest BCUT2D eigenvalue weighted by Crippen LogP contribution is 2.17. The zero-order chi connectivity index (χ0) is 16.8. The number of hydrogen-bond donors (Lipinski definition) is 1. The largest absolute Gasteiger partial charge is 0.379 e. The highest BCUT2D eigenvalue weighted by atomic mass is 35.5. The summed E-state index contributed by atoms with van der Waals surface area (Å²) in [5.41, 5.74) is 1.72. The first-order valence-corrected chi connectivity index (χ1v) is 8.51. The molecule has 0 bridgehead atoms. The second-order valence-corrected chi connectivity index (χ2v) is 6.29. The molecule has 1 atom stereocenters. The minimum Gasteiger partial charge on any atom is -0.379 e. The van der Waals surface area contributed by atoms with Gasteiger partial charge in [-0.3, -0.25) is 9.69 Å². The number of morpholine rings is 1. The van der Waals surface area contributed by atoms with Gasteiger partial charge in [-0.2, -0.15) is 0 Å². The summed E-state index contributed by atoms with van der Waals surface area (Å²) in [5.74, 6) is -0.0891. The zero-order valence-corrected chi connectivity index (χ0v) is 14.2. The van der Waals surface area contributed by atoms with E-state index in [9.17, 15) is 4.79 Å². The molecule has 1 fully saturated rings. The molecule has 0 unspecified atom stereocenters. The van der Waals surface area contributed by atoms with Gasteiger partial charge in [0.2, 0.25) is 0 Å². The maximum absolute atomic E-state index is 12.6. The van der Waals surface area contributed by atoms with Crippen molar-refractivity contribution in [2.24, 2.45) is 0 Å². The predicted molar refractivity (Wildman–Crippen MR) is 95.4 cm³/mol. The van der Waals surface area contributed by atoms with E-state index >= 15 is 0 Å². The minimum absolute atomic E-state index is 0.0625. The molecule has 126 valence electrons. The fourth-order valence-corrected chi connectivity index (χ4v) is 2.93. The molecular weight excluding hydrogens is 324 g/mol. The molecule has 1 saturated heterocycles. The van der Waals surface area contributed by atoms with E-state index in [0.717, 1.165) is 38.4 Å². The fraction of sp³-hybridized carbons (Fsp3) is 0.316. The number of nitrogens with zero attached hydrogens (tertiary/aromatic N) is 1. The number of benzene rings is 2. The molecule has 0 aliphatic carbocycles. The summed E-state index contributed by atoms with van der Waals surface area (Å²) in [6.07, 6.45) is 0. The lowest BCUT2D eigenvalue weighted by molar-refractivity contribution is 0.0332. The Morgan fingerprint density at radius 2 is 1.75 bits per heavy atom. The molecule has 1 aliphatic heterocycles. The number of ether oxygens (including phenoxy) is 1. The molecule has 24 heavy (non-hydrogen) atoms. The van der Waals surface area contributed by atoms with Crippen LogP contribution in [0.3, 0.4) is 0 Å². The highest BCUT2D eigenvalue weighted by Gasteiger charge is 2.20. The number of halogens is 1. The maximum Gasteiger partial charge on any atom is 0.251 e. The van der Waals surface area contributed by atoms with E-state index in [2.05, 4.69) is 10.2 Å². The lowest BCUT2D eigenvalue weighted by Crippen LogP contribution is -2.43. The molecular formula is C19H21ClN2O2. The molecule has 4 nitrogen and oxygen atoms in total. The van der Waals surface area contributed by atoms with Gasteiger partial charge in [0.25, 0.3) is 5.91 Å². The van der Waals surface area contributed by atoms with Gasteiger partial charge in [0.05, 0.1) is 19.3 Å². The number of hydrogen-bond acceptors (Lipinski definition) is 3. The van der Waals surface area contributed by atoms with Crippen molar-refractivity contribution in [3.63, 3.8) is 0 Å². The Kier molecular flexibility index (Phi) is 5.86. The van der Waals surface area contributed by atoms with Crippen LogP contribution in [-0.4, -0.2) is 43.7 Å². The Bertz CT molecular complexity index is 655. The van der Waals surface area contributed by atoms with Gasteiger partial charge in [0.1, 0.15) is 0 Å². The average Bonchev–Trinajstić information content (AvgIpc) is 2.63. The van der Waals surface area contributed by atoms with Crippen molar-refractivity contribution in [3.8, 4) is 0 Å². The van der Waals surface area contributed by atoms with Crippen LogP contribution in [0, 0.1) is 0 Å². The highest BCUT2D eigenvalue weighted by molar-refractivity contribution is 6.30. The van der Waals surface area contributed by atoms with E-state index in [0.29, 0.717) is 10.6 Å². The van der Waals surface area contributed by atoms with Gasteiger partial charge in [-0.1, -0.05) is 41.9 Å². The summed E-state index contributed by atoms with van der Waals surface area (Å²) in [6, 6.07) is 17.0. The molecule has 0 spiro atoms. The summed E-state index contributed by atoms with van der Waals surface area (Å²) in [6.45, 7) is 4.03. The summed E-state index contributed by atoms with van der Waals surface area (Å²) in [7, 11) is 0. The van der Waals surface area contributed by atoms with Gasteiger partial charge in [0, 0.05) is 30.2 Å². The van der Waals surface area contributed by atoms with Gasteiger partial charge in [-0.05, 0) is 29.8 Å². The third kappa shape index (κ3) is 4.57. The predicted octanol–water partition coefficient (Wildman–Crippen LogP) is 3.14. The molecule has 2 aromatic carbocycles. The van der Waals surface area contributed by atoms with Crippen LogP contribution in [0.15, 0.2) is 54.6 Å². The third-order valence-electron chi connectivity index (χ3n) is 4.16. The summed E-state index contributed by atoms with van der Waals surface area (Å²) in [4.78, 5) is 14.9. The smallest absolute Gasteiger partial charge is 0.251 e. The van der Waals surface area contributed by atoms with Crippen molar-refractivity contribution in [1.82, 2.24) is 10.2 Å². The van der Waals surface area contributed by atoms with Gasteiger partial charge in [-0.15, -0.1) is 0 Å². The van der Waals surface area contributed by atoms with Crippen LogP contribution in [0.5, 0.6) is 0 Å². The number of amides is 1. The average molecular weight is 345 g/mol. The van der Waals surface area contributed by atoms with E-state index < -0.39 is 0 Å².